The first-order valence-corrected chi connectivity index (χ1v) is 11.2. The van der Waals surface area contributed by atoms with Gasteiger partial charge in [0.2, 0.25) is 0 Å². The normalized spacial score (nSPS) is 13.6. The lowest BCUT2D eigenvalue weighted by atomic mass is 10.2. The summed E-state index contributed by atoms with van der Waals surface area (Å²) in [5.74, 6) is 0.837. The Bertz CT molecular complexity index is 1190. The van der Waals surface area contributed by atoms with Crippen LogP contribution in [0.3, 0.4) is 0 Å². The average molecular weight is 442 g/mol. The fraction of sp³-hybridized carbons (Fsp3) is 0.286. The Balaban J connectivity index is 1.46. The van der Waals surface area contributed by atoms with Crippen molar-refractivity contribution in [1.29, 1.82) is 0 Å². The van der Waals surface area contributed by atoms with Crippen molar-refractivity contribution in [3.05, 3.63) is 66.2 Å². The number of carbonyl (C=O) groups excluding carboxylic acids is 1. The highest BCUT2D eigenvalue weighted by atomic mass is 32.2. The van der Waals surface area contributed by atoms with Gasteiger partial charge in [-0.05, 0) is 49.2 Å². The van der Waals surface area contributed by atoms with Crippen molar-refractivity contribution < 1.29 is 17.9 Å². The molecule has 9 nitrogen and oxygen atoms in total. The van der Waals surface area contributed by atoms with E-state index < -0.39 is 10.0 Å². The average Bonchev–Trinajstić information content (AvgIpc) is 3.54. The highest BCUT2D eigenvalue weighted by Gasteiger charge is 2.26. The number of hydrogen-bond donors (Lipinski definition) is 1. The lowest BCUT2D eigenvalue weighted by molar-refractivity contribution is 0.0949. The van der Waals surface area contributed by atoms with Crippen molar-refractivity contribution >= 4 is 21.6 Å². The third-order valence-corrected chi connectivity index (χ3v) is 6.98. The molecule has 1 saturated carbocycles. The minimum Gasteiger partial charge on any atom is -0.495 e. The number of nitrogens with one attached hydrogen (secondary N) is 1. The lowest BCUT2D eigenvalue weighted by Gasteiger charge is -2.21. The van der Waals surface area contributed by atoms with E-state index in [9.17, 15) is 13.2 Å². The lowest BCUT2D eigenvalue weighted by Crippen LogP contribution is -2.27. The fourth-order valence-electron chi connectivity index (χ4n) is 3.27. The van der Waals surface area contributed by atoms with Gasteiger partial charge in [0, 0.05) is 18.7 Å². The Morgan fingerprint density at radius 3 is 2.58 bits per heavy atom. The zero-order chi connectivity index (χ0) is 22.0. The zero-order valence-electron chi connectivity index (χ0n) is 17.2. The number of ether oxygens (including phenoxy) is 1. The topological polar surface area (TPSA) is 106 Å². The summed E-state index contributed by atoms with van der Waals surface area (Å²) >= 11 is 0. The SMILES string of the molecule is COc1ccccc1N(C)S(=O)(=O)c1ccc(C(=O)NCc2nncn2C2CC2)cc1. The van der Waals surface area contributed by atoms with Crippen molar-refractivity contribution in [2.45, 2.75) is 30.3 Å². The van der Waals surface area contributed by atoms with E-state index in [4.69, 9.17) is 4.74 Å². The number of carbonyl (C=O) groups is 1. The van der Waals surface area contributed by atoms with Crippen molar-refractivity contribution in [2.75, 3.05) is 18.5 Å². The first-order valence-electron chi connectivity index (χ1n) is 9.80. The minimum absolute atomic E-state index is 0.0749. The van der Waals surface area contributed by atoms with Crippen LogP contribution in [0, 0.1) is 0 Å². The summed E-state index contributed by atoms with van der Waals surface area (Å²) in [6, 6.07) is 13.1. The number of sulfonamides is 1. The van der Waals surface area contributed by atoms with Crippen molar-refractivity contribution in [3.63, 3.8) is 0 Å². The Kier molecular flexibility index (Phi) is 5.64. The summed E-state index contributed by atoms with van der Waals surface area (Å²) in [7, 11) is -0.875. The predicted octanol–water partition coefficient (Wildman–Crippen LogP) is 2.38. The van der Waals surface area contributed by atoms with Crippen LogP contribution in [0.1, 0.15) is 35.1 Å². The van der Waals surface area contributed by atoms with Gasteiger partial charge < -0.3 is 14.6 Å². The number of rotatable bonds is 8. The molecule has 31 heavy (non-hydrogen) atoms. The molecule has 1 aromatic heterocycles. The zero-order valence-corrected chi connectivity index (χ0v) is 18.0. The number of nitrogens with zero attached hydrogens (tertiary/aromatic N) is 4. The highest BCUT2D eigenvalue weighted by molar-refractivity contribution is 7.92. The quantitative estimate of drug-likeness (QED) is 0.575. The minimum atomic E-state index is -3.82. The van der Waals surface area contributed by atoms with E-state index in [2.05, 4.69) is 15.5 Å². The van der Waals surface area contributed by atoms with Gasteiger partial charge in [-0.3, -0.25) is 9.10 Å². The van der Waals surface area contributed by atoms with E-state index >= 15 is 0 Å². The van der Waals surface area contributed by atoms with Gasteiger partial charge in [0.15, 0.2) is 5.82 Å². The molecule has 1 heterocycles. The second-order valence-corrected chi connectivity index (χ2v) is 9.21. The second kappa shape index (κ2) is 8.38. The predicted molar refractivity (Wildman–Crippen MR) is 114 cm³/mol. The van der Waals surface area contributed by atoms with E-state index in [0.717, 1.165) is 17.1 Å². The summed E-state index contributed by atoms with van der Waals surface area (Å²) in [5.41, 5.74) is 0.781. The number of hydrogen-bond acceptors (Lipinski definition) is 6. The van der Waals surface area contributed by atoms with Gasteiger partial charge in [0.1, 0.15) is 12.1 Å². The highest BCUT2D eigenvalue weighted by Crippen LogP contribution is 2.35. The maximum atomic E-state index is 13.0. The summed E-state index contributed by atoms with van der Waals surface area (Å²) in [4.78, 5) is 12.6. The third-order valence-electron chi connectivity index (χ3n) is 5.19. The monoisotopic (exact) mass is 441 g/mol. The van der Waals surface area contributed by atoms with Gasteiger partial charge in [0.05, 0.1) is 24.2 Å². The van der Waals surface area contributed by atoms with Crippen LogP contribution < -0.4 is 14.4 Å². The van der Waals surface area contributed by atoms with Gasteiger partial charge in [-0.25, -0.2) is 8.42 Å². The fourth-order valence-corrected chi connectivity index (χ4v) is 4.47. The number of benzene rings is 2. The second-order valence-electron chi connectivity index (χ2n) is 7.24. The van der Waals surface area contributed by atoms with Crippen molar-refractivity contribution in [2.24, 2.45) is 0 Å². The maximum absolute atomic E-state index is 13.0. The van der Waals surface area contributed by atoms with Gasteiger partial charge in [-0.15, -0.1) is 10.2 Å². The summed E-state index contributed by atoms with van der Waals surface area (Å²) in [6.45, 7) is 0.256. The van der Waals surface area contributed by atoms with Crippen LogP contribution in [0.4, 0.5) is 5.69 Å². The molecular weight excluding hydrogens is 418 g/mol. The molecule has 4 rings (SSSR count). The van der Waals surface area contributed by atoms with Crippen LogP contribution in [0.2, 0.25) is 0 Å². The Hall–Kier alpha value is -3.40. The van der Waals surface area contributed by atoms with Gasteiger partial charge in [0.25, 0.3) is 15.9 Å². The Morgan fingerprint density at radius 2 is 1.90 bits per heavy atom. The Morgan fingerprint density at radius 1 is 1.19 bits per heavy atom. The molecule has 1 aliphatic carbocycles. The van der Waals surface area contributed by atoms with Crippen LogP contribution >= 0.6 is 0 Å². The van der Waals surface area contributed by atoms with E-state index in [-0.39, 0.29) is 17.3 Å². The molecule has 0 spiro atoms. The number of para-hydroxylation sites is 2. The summed E-state index contributed by atoms with van der Waals surface area (Å²) in [5, 5.41) is 10.8. The van der Waals surface area contributed by atoms with Crippen LogP contribution in [0.15, 0.2) is 59.8 Å². The van der Waals surface area contributed by atoms with E-state index in [0.29, 0.717) is 28.9 Å². The van der Waals surface area contributed by atoms with E-state index in [1.54, 1.807) is 30.6 Å². The molecule has 2 aromatic carbocycles. The maximum Gasteiger partial charge on any atom is 0.264 e. The molecule has 0 atom stereocenters. The third kappa shape index (κ3) is 4.24. The molecule has 1 fully saturated rings. The molecule has 1 amide bonds. The van der Waals surface area contributed by atoms with Crippen molar-refractivity contribution in [1.82, 2.24) is 20.1 Å². The molecule has 0 unspecified atom stereocenters. The number of aromatic nitrogens is 3. The van der Waals surface area contributed by atoms with Crippen LogP contribution in [-0.4, -0.2) is 43.2 Å². The molecule has 0 saturated heterocycles. The molecule has 1 aliphatic rings. The van der Waals surface area contributed by atoms with E-state index in [1.165, 1.54) is 38.4 Å². The first-order chi connectivity index (χ1) is 14.9. The van der Waals surface area contributed by atoms with E-state index in [1.807, 2.05) is 4.57 Å². The van der Waals surface area contributed by atoms with Gasteiger partial charge >= 0.3 is 0 Å². The molecule has 0 aliphatic heterocycles. The molecule has 10 heteroatoms. The largest absolute Gasteiger partial charge is 0.495 e. The number of methoxy groups -OCH3 is 1. The molecule has 3 aromatic rings. The van der Waals surface area contributed by atoms with Crippen LogP contribution in [0.25, 0.3) is 0 Å². The smallest absolute Gasteiger partial charge is 0.264 e. The van der Waals surface area contributed by atoms with Crippen LogP contribution in [-0.2, 0) is 16.6 Å². The Labute approximate surface area is 180 Å². The van der Waals surface area contributed by atoms with Gasteiger partial charge in [-0.1, -0.05) is 12.1 Å². The number of anilines is 1. The van der Waals surface area contributed by atoms with Crippen molar-refractivity contribution in [3.8, 4) is 5.75 Å². The standard InChI is InChI=1S/C21H23N5O4S/c1-25(18-5-3-4-6-19(18)30-2)31(28,29)17-11-7-15(8-12-17)21(27)22-13-20-24-23-14-26(20)16-9-10-16/h3-8,11-12,14,16H,9-10,13H2,1-2H3,(H,22,27). The molecule has 0 radical (unpaired) electrons. The van der Waals surface area contributed by atoms with Gasteiger partial charge in [-0.2, -0.15) is 0 Å². The summed E-state index contributed by atoms with van der Waals surface area (Å²) < 4.78 is 34.4. The van der Waals surface area contributed by atoms with Crippen LogP contribution in [0.5, 0.6) is 5.75 Å². The molecule has 162 valence electrons. The first kappa shape index (κ1) is 20.9. The summed E-state index contributed by atoms with van der Waals surface area (Å²) in [6.07, 6.45) is 3.87. The molecular formula is C21H23N5O4S. The molecule has 0 bridgehead atoms. The molecule has 1 N–H and O–H groups in total. The number of amides is 1.